The molecule has 0 spiro atoms. The molecule has 2 unspecified atom stereocenters. The van der Waals surface area contributed by atoms with Crippen LogP contribution in [0.15, 0.2) is 36.4 Å². The lowest BCUT2D eigenvalue weighted by molar-refractivity contribution is -0.172. The monoisotopic (exact) mass is 427 g/mol. The summed E-state index contributed by atoms with van der Waals surface area (Å²) in [5, 5.41) is 11.7. The van der Waals surface area contributed by atoms with Gasteiger partial charge < -0.3 is 5.32 Å². The van der Waals surface area contributed by atoms with Crippen molar-refractivity contribution < 1.29 is 34.0 Å². The SMILES string of the molecule is CCCCC(C(=O)NC1CC(=O)N(O)C1=O)C(=O)c1cccc(N2C(=O)C=CC2=O)c1. The Bertz CT molecular complexity index is 982. The van der Waals surface area contributed by atoms with Gasteiger partial charge in [-0.2, -0.15) is 5.06 Å². The number of rotatable bonds is 8. The molecule has 2 aliphatic rings. The first-order valence-corrected chi connectivity index (χ1v) is 9.81. The van der Waals surface area contributed by atoms with Gasteiger partial charge in [0.1, 0.15) is 12.0 Å². The standard InChI is InChI=1S/C21H21N3O7/c1-2-3-7-14(20(29)22-15-11-18(27)24(31)21(15)30)19(28)12-5-4-6-13(10-12)23-16(25)8-9-17(23)26/h4-6,8-10,14-15,31H,2-3,7,11H2,1H3,(H,22,29). The molecule has 10 nitrogen and oxygen atoms in total. The molecule has 2 N–H and O–H groups in total. The Balaban J connectivity index is 1.81. The second-order valence-corrected chi connectivity index (χ2v) is 7.26. The van der Waals surface area contributed by atoms with Crippen LogP contribution in [0.5, 0.6) is 0 Å². The fourth-order valence-corrected chi connectivity index (χ4v) is 3.45. The molecule has 2 atom stereocenters. The number of ketones is 1. The van der Waals surface area contributed by atoms with Crippen LogP contribution in [0.3, 0.4) is 0 Å². The third kappa shape index (κ3) is 4.43. The maximum Gasteiger partial charge on any atom is 0.276 e. The summed E-state index contributed by atoms with van der Waals surface area (Å²) in [5.74, 6) is -5.29. The molecular weight excluding hydrogens is 406 g/mol. The van der Waals surface area contributed by atoms with Crippen molar-refractivity contribution in [2.24, 2.45) is 5.92 Å². The minimum atomic E-state index is -1.24. The molecule has 162 valence electrons. The smallest absolute Gasteiger partial charge is 0.276 e. The van der Waals surface area contributed by atoms with Crippen molar-refractivity contribution in [2.45, 2.75) is 38.6 Å². The molecule has 5 amide bonds. The molecule has 2 heterocycles. The van der Waals surface area contributed by atoms with E-state index in [2.05, 4.69) is 5.32 Å². The van der Waals surface area contributed by atoms with Crippen LogP contribution >= 0.6 is 0 Å². The van der Waals surface area contributed by atoms with Crippen molar-refractivity contribution in [1.29, 1.82) is 0 Å². The zero-order valence-corrected chi connectivity index (χ0v) is 16.7. The average molecular weight is 427 g/mol. The summed E-state index contributed by atoms with van der Waals surface area (Å²) in [7, 11) is 0. The number of hydroxylamine groups is 2. The van der Waals surface area contributed by atoms with E-state index >= 15 is 0 Å². The molecule has 1 fully saturated rings. The van der Waals surface area contributed by atoms with Crippen LogP contribution in [0, 0.1) is 5.92 Å². The Morgan fingerprint density at radius 1 is 1.16 bits per heavy atom. The van der Waals surface area contributed by atoms with Crippen LogP contribution in [0.1, 0.15) is 43.0 Å². The van der Waals surface area contributed by atoms with E-state index in [1.807, 2.05) is 6.92 Å². The minimum Gasteiger partial charge on any atom is -0.343 e. The number of nitrogens with zero attached hydrogens (tertiary/aromatic N) is 2. The molecular formula is C21H21N3O7. The number of hydrogen-bond donors (Lipinski definition) is 2. The topological polar surface area (TPSA) is 141 Å². The highest BCUT2D eigenvalue weighted by Gasteiger charge is 2.40. The first-order chi connectivity index (χ1) is 14.7. The van der Waals surface area contributed by atoms with E-state index in [0.717, 1.165) is 17.1 Å². The molecule has 0 aliphatic carbocycles. The normalized spacial score (nSPS) is 19.4. The highest BCUT2D eigenvalue weighted by molar-refractivity contribution is 6.28. The molecule has 1 aromatic rings. The number of unbranched alkanes of at least 4 members (excludes halogenated alkanes) is 1. The number of anilines is 1. The second-order valence-electron chi connectivity index (χ2n) is 7.26. The lowest BCUT2D eigenvalue weighted by Crippen LogP contribution is -2.45. The van der Waals surface area contributed by atoms with Gasteiger partial charge in [-0.15, -0.1) is 0 Å². The van der Waals surface area contributed by atoms with Gasteiger partial charge in [0.25, 0.3) is 23.6 Å². The lowest BCUT2D eigenvalue weighted by atomic mass is 9.91. The molecule has 0 saturated carbocycles. The van der Waals surface area contributed by atoms with Crippen LogP contribution < -0.4 is 10.2 Å². The van der Waals surface area contributed by atoms with Gasteiger partial charge in [-0.3, -0.25) is 34.0 Å². The number of nitrogens with one attached hydrogen (secondary N) is 1. The zero-order valence-electron chi connectivity index (χ0n) is 16.7. The van der Waals surface area contributed by atoms with Crippen LogP contribution in [-0.2, 0) is 24.0 Å². The van der Waals surface area contributed by atoms with Gasteiger partial charge >= 0.3 is 0 Å². The van der Waals surface area contributed by atoms with Crippen LogP contribution in [-0.4, -0.2) is 51.6 Å². The van der Waals surface area contributed by atoms with Crippen LogP contribution in [0.4, 0.5) is 5.69 Å². The molecule has 31 heavy (non-hydrogen) atoms. The highest BCUT2D eigenvalue weighted by atomic mass is 16.5. The predicted octanol–water partition coefficient (Wildman–Crippen LogP) is 0.738. The fraction of sp³-hybridized carbons (Fsp3) is 0.333. The van der Waals surface area contributed by atoms with Gasteiger partial charge in [-0.1, -0.05) is 31.9 Å². The maximum absolute atomic E-state index is 13.1. The number of amides is 5. The first-order valence-electron chi connectivity index (χ1n) is 9.81. The summed E-state index contributed by atoms with van der Waals surface area (Å²) in [6, 6.07) is 4.59. The molecule has 1 saturated heterocycles. The second kappa shape index (κ2) is 9.00. The number of carbonyl (C=O) groups is 6. The summed E-state index contributed by atoms with van der Waals surface area (Å²) in [6.45, 7) is 1.89. The summed E-state index contributed by atoms with van der Waals surface area (Å²) in [6.07, 6.45) is 3.33. The number of hydrogen-bond acceptors (Lipinski definition) is 7. The van der Waals surface area contributed by atoms with E-state index in [-0.39, 0.29) is 22.7 Å². The summed E-state index contributed by atoms with van der Waals surface area (Å²) >= 11 is 0. The maximum atomic E-state index is 13.1. The first kappa shape index (κ1) is 22.0. The Morgan fingerprint density at radius 3 is 2.42 bits per heavy atom. The van der Waals surface area contributed by atoms with Crippen molar-refractivity contribution in [2.75, 3.05) is 4.90 Å². The van der Waals surface area contributed by atoms with E-state index in [9.17, 15) is 34.0 Å². The van der Waals surface area contributed by atoms with E-state index in [0.29, 0.717) is 12.8 Å². The Kier molecular flexibility index (Phi) is 6.40. The Hall–Kier alpha value is -3.66. The van der Waals surface area contributed by atoms with Gasteiger partial charge in [0.05, 0.1) is 12.1 Å². The molecule has 10 heteroatoms. The highest BCUT2D eigenvalue weighted by Crippen LogP contribution is 2.24. The third-order valence-electron chi connectivity index (χ3n) is 5.12. The van der Waals surface area contributed by atoms with Crippen molar-refractivity contribution >= 4 is 41.0 Å². The predicted molar refractivity (Wildman–Crippen MR) is 106 cm³/mol. The van der Waals surface area contributed by atoms with E-state index in [1.54, 1.807) is 0 Å². The van der Waals surface area contributed by atoms with Crippen molar-refractivity contribution in [3.05, 3.63) is 42.0 Å². The fourth-order valence-electron chi connectivity index (χ4n) is 3.45. The van der Waals surface area contributed by atoms with E-state index < -0.39 is 53.7 Å². The van der Waals surface area contributed by atoms with Crippen molar-refractivity contribution in [3.63, 3.8) is 0 Å². The minimum absolute atomic E-state index is 0.0462. The molecule has 0 aromatic heterocycles. The van der Waals surface area contributed by atoms with Gasteiger partial charge in [0.15, 0.2) is 5.78 Å². The largest absolute Gasteiger partial charge is 0.343 e. The van der Waals surface area contributed by atoms with Gasteiger partial charge in [0, 0.05) is 17.7 Å². The number of benzene rings is 1. The quantitative estimate of drug-likeness (QED) is 0.270. The lowest BCUT2D eigenvalue weighted by Gasteiger charge is -2.19. The summed E-state index contributed by atoms with van der Waals surface area (Å²) in [5.41, 5.74) is 0.326. The van der Waals surface area contributed by atoms with Crippen LogP contribution in [0.25, 0.3) is 0 Å². The number of Topliss-reactive ketones (excluding diaryl/α,β-unsaturated/α-hetero) is 1. The van der Waals surface area contributed by atoms with Crippen molar-refractivity contribution in [1.82, 2.24) is 10.4 Å². The molecule has 1 aromatic carbocycles. The summed E-state index contributed by atoms with van der Waals surface area (Å²) in [4.78, 5) is 74.0. The van der Waals surface area contributed by atoms with Gasteiger partial charge in [-0.25, -0.2) is 4.90 Å². The Labute approximate surface area is 177 Å². The number of imide groups is 2. The summed E-state index contributed by atoms with van der Waals surface area (Å²) < 4.78 is 0. The molecule has 0 radical (unpaired) electrons. The molecule has 2 aliphatic heterocycles. The van der Waals surface area contributed by atoms with Gasteiger partial charge in [-0.05, 0) is 18.6 Å². The molecule has 3 rings (SSSR count). The van der Waals surface area contributed by atoms with E-state index in [1.165, 1.54) is 24.3 Å². The Morgan fingerprint density at radius 2 is 1.84 bits per heavy atom. The van der Waals surface area contributed by atoms with E-state index in [4.69, 9.17) is 0 Å². The van der Waals surface area contributed by atoms with Gasteiger partial charge in [0.2, 0.25) is 5.91 Å². The zero-order chi connectivity index (χ0) is 22.7. The van der Waals surface area contributed by atoms with Crippen molar-refractivity contribution in [3.8, 4) is 0 Å². The average Bonchev–Trinajstić information content (AvgIpc) is 3.21. The third-order valence-corrected chi connectivity index (χ3v) is 5.12. The number of carbonyl (C=O) groups excluding carboxylic acids is 6. The molecule has 0 bridgehead atoms. The van der Waals surface area contributed by atoms with Crippen LogP contribution in [0.2, 0.25) is 0 Å².